The number of rotatable bonds is 13. The number of primary amides is 1. The van der Waals surface area contributed by atoms with Gasteiger partial charge < -0.3 is 10.5 Å². The standard InChI is InChI=1S/C40H37ClF6N8O5S/c1-16(2)17(3)60-21-6-7-22-27(14-21)49-38(54(39(22)57)28-9-8-26(41)30-33(28)53(4)51-37(30)52-61(5,58)59)24(12-18-10-19(42)13-20(43)11-18)32(36(48)56)55-34-29(31(50-55)35(44)45)23-15-25(23)40(34,46)47/h6-11,13-14,16-17,23-25,32,35H,12,15H2,1-5H3,(H2,48,56)(H,51,52)/t17-,23-,24-,25+,32?/m0/s1. The van der Waals surface area contributed by atoms with Crippen LogP contribution < -0.4 is 20.8 Å². The monoisotopic (exact) mass is 890 g/mol. The van der Waals surface area contributed by atoms with Gasteiger partial charge in [0, 0.05) is 30.7 Å². The maximum Gasteiger partial charge on any atom is 0.293 e. The number of aryl methyl sites for hydroxylation is 1. The Bertz CT molecular complexity index is 2950. The molecule has 3 heterocycles. The lowest BCUT2D eigenvalue weighted by molar-refractivity contribution is -0.122. The van der Waals surface area contributed by atoms with E-state index in [4.69, 9.17) is 27.1 Å². The summed E-state index contributed by atoms with van der Waals surface area (Å²) in [5, 5.41) is 8.17. The molecule has 13 nitrogen and oxygen atoms in total. The van der Waals surface area contributed by atoms with Crippen LogP contribution in [0.3, 0.4) is 0 Å². The first kappa shape index (κ1) is 42.1. The summed E-state index contributed by atoms with van der Waals surface area (Å²) in [4.78, 5) is 33.9. The van der Waals surface area contributed by atoms with Crippen LogP contribution in [0.4, 0.5) is 32.2 Å². The molecule has 3 N–H and O–H groups in total. The van der Waals surface area contributed by atoms with Crippen molar-refractivity contribution in [2.45, 2.75) is 69.9 Å². The van der Waals surface area contributed by atoms with E-state index in [2.05, 4.69) is 14.9 Å². The van der Waals surface area contributed by atoms with Crippen molar-refractivity contribution in [3.63, 3.8) is 0 Å². The molecule has 1 saturated carbocycles. The van der Waals surface area contributed by atoms with Crippen molar-refractivity contribution in [2.75, 3.05) is 11.0 Å². The molecule has 0 aliphatic heterocycles. The highest BCUT2D eigenvalue weighted by atomic mass is 35.5. The molecule has 61 heavy (non-hydrogen) atoms. The van der Waals surface area contributed by atoms with E-state index in [-0.39, 0.29) is 68.1 Å². The van der Waals surface area contributed by atoms with Crippen molar-refractivity contribution >= 4 is 55.2 Å². The van der Waals surface area contributed by atoms with Crippen molar-refractivity contribution in [3.05, 3.63) is 104 Å². The van der Waals surface area contributed by atoms with Gasteiger partial charge in [-0.15, -0.1) is 0 Å². The van der Waals surface area contributed by atoms with Gasteiger partial charge in [0.1, 0.15) is 40.6 Å². The van der Waals surface area contributed by atoms with Crippen LogP contribution in [-0.4, -0.2) is 55.8 Å². The number of ether oxygens (including phenoxy) is 1. The van der Waals surface area contributed by atoms with E-state index in [0.29, 0.717) is 10.7 Å². The van der Waals surface area contributed by atoms with E-state index >= 15 is 13.6 Å². The molecular formula is C40H37ClF6N8O5S. The fraction of sp³-hybridized carbons (Fsp3) is 0.375. The predicted molar refractivity (Wildman–Crippen MR) is 213 cm³/mol. The van der Waals surface area contributed by atoms with Crippen LogP contribution in [0.15, 0.2) is 53.3 Å². The Hall–Kier alpha value is -5.63. The maximum absolute atomic E-state index is 16.2. The van der Waals surface area contributed by atoms with Crippen molar-refractivity contribution < 1.29 is 44.3 Å². The molecule has 0 spiro atoms. The third-order valence-corrected chi connectivity index (χ3v) is 12.2. The average molecular weight is 891 g/mol. The van der Waals surface area contributed by atoms with Gasteiger partial charge in [-0.25, -0.2) is 35.6 Å². The minimum absolute atomic E-state index is 0.0111. The number of aromatic nitrogens is 6. The molecule has 2 aliphatic rings. The second-order valence-electron chi connectivity index (χ2n) is 15.9. The van der Waals surface area contributed by atoms with Crippen molar-refractivity contribution in [3.8, 4) is 11.4 Å². The molecule has 322 valence electrons. The van der Waals surface area contributed by atoms with Crippen LogP contribution >= 0.6 is 11.6 Å². The first-order valence-corrected chi connectivity index (χ1v) is 21.2. The van der Waals surface area contributed by atoms with Gasteiger partial charge in [0.05, 0.1) is 50.8 Å². The number of nitrogens with one attached hydrogen (secondary N) is 1. The van der Waals surface area contributed by atoms with Gasteiger partial charge in [-0.2, -0.15) is 19.0 Å². The van der Waals surface area contributed by atoms with E-state index in [1.807, 2.05) is 20.8 Å². The van der Waals surface area contributed by atoms with Crippen LogP contribution in [0.2, 0.25) is 5.02 Å². The summed E-state index contributed by atoms with van der Waals surface area (Å²) < 4.78 is 127. The molecule has 2 aliphatic carbocycles. The van der Waals surface area contributed by atoms with Crippen LogP contribution in [0.5, 0.6) is 5.75 Å². The largest absolute Gasteiger partial charge is 0.490 e. The van der Waals surface area contributed by atoms with Gasteiger partial charge in [-0.1, -0.05) is 25.4 Å². The Morgan fingerprint density at radius 1 is 1.07 bits per heavy atom. The lowest BCUT2D eigenvalue weighted by Crippen LogP contribution is -2.39. The van der Waals surface area contributed by atoms with Crippen molar-refractivity contribution in [1.29, 1.82) is 0 Å². The fourth-order valence-electron chi connectivity index (χ4n) is 8.31. The third kappa shape index (κ3) is 7.25. The number of hydrogen-bond donors (Lipinski definition) is 2. The zero-order valence-corrected chi connectivity index (χ0v) is 34.5. The summed E-state index contributed by atoms with van der Waals surface area (Å²) >= 11 is 6.63. The summed E-state index contributed by atoms with van der Waals surface area (Å²) in [5.41, 5.74) is 2.62. The number of anilines is 1. The van der Waals surface area contributed by atoms with Gasteiger partial charge in [0.15, 0.2) is 5.82 Å². The molecule has 1 fully saturated rings. The number of nitrogens with two attached hydrogens (primary N) is 1. The van der Waals surface area contributed by atoms with E-state index < -0.39 is 98.5 Å². The number of carbonyl (C=O) groups is 1. The minimum atomic E-state index is -3.95. The normalized spacial score (nSPS) is 18.4. The topological polar surface area (TPSA) is 169 Å². The molecule has 6 aromatic rings. The number of nitrogens with zero attached hydrogens (tertiary/aromatic N) is 6. The Morgan fingerprint density at radius 2 is 1.75 bits per heavy atom. The number of amides is 1. The van der Waals surface area contributed by atoms with Crippen LogP contribution in [0, 0.1) is 23.5 Å². The first-order chi connectivity index (χ1) is 28.6. The Kier molecular flexibility index (Phi) is 10.2. The second-order valence-corrected chi connectivity index (χ2v) is 18.0. The summed E-state index contributed by atoms with van der Waals surface area (Å²) in [7, 11) is -2.54. The van der Waals surface area contributed by atoms with Gasteiger partial charge in [0.2, 0.25) is 15.9 Å². The number of carbonyl (C=O) groups excluding carboxylic acids is 1. The summed E-state index contributed by atoms with van der Waals surface area (Å²) in [6, 6.07) is 7.29. The number of benzene rings is 3. The second kappa shape index (κ2) is 14.8. The van der Waals surface area contributed by atoms with E-state index in [9.17, 15) is 30.8 Å². The number of halogens is 7. The Balaban J connectivity index is 1.49. The molecule has 3 aromatic carbocycles. The highest BCUT2D eigenvalue weighted by molar-refractivity contribution is 7.92. The van der Waals surface area contributed by atoms with Crippen LogP contribution in [-0.2, 0) is 34.2 Å². The van der Waals surface area contributed by atoms with Crippen LogP contribution in [0.1, 0.15) is 79.8 Å². The highest BCUT2D eigenvalue weighted by Gasteiger charge is 2.67. The number of hydrogen-bond acceptors (Lipinski definition) is 8. The lowest BCUT2D eigenvalue weighted by Gasteiger charge is -2.30. The van der Waals surface area contributed by atoms with Gasteiger partial charge in [-0.05, 0) is 73.6 Å². The Labute approximate surface area is 348 Å². The number of alkyl halides is 4. The number of fused-ring (bicyclic) bond motifs is 5. The molecule has 3 aromatic heterocycles. The van der Waals surface area contributed by atoms with Crippen LogP contribution in [0.25, 0.3) is 27.5 Å². The van der Waals surface area contributed by atoms with E-state index in [0.717, 1.165) is 23.0 Å². The average Bonchev–Trinajstić information content (AvgIpc) is 3.68. The summed E-state index contributed by atoms with van der Waals surface area (Å²) in [6.45, 7) is 5.66. The number of sulfonamides is 1. The molecule has 5 atom stereocenters. The molecule has 0 bridgehead atoms. The summed E-state index contributed by atoms with van der Waals surface area (Å²) in [5.74, 6) is -11.7. The zero-order valence-electron chi connectivity index (χ0n) is 32.9. The predicted octanol–water partition coefficient (Wildman–Crippen LogP) is 7.39. The third-order valence-electron chi connectivity index (χ3n) is 11.3. The molecule has 0 radical (unpaired) electrons. The summed E-state index contributed by atoms with van der Waals surface area (Å²) in [6.07, 6.45) is -3.55. The molecule has 0 saturated heterocycles. The van der Waals surface area contributed by atoms with E-state index in [1.54, 1.807) is 0 Å². The molecule has 8 rings (SSSR count). The molecular weight excluding hydrogens is 854 g/mol. The van der Waals surface area contributed by atoms with E-state index in [1.165, 1.54) is 42.1 Å². The minimum Gasteiger partial charge on any atom is -0.490 e. The molecule has 1 unspecified atom stereocenters. The van der Waals surface area contributed by atoms with Gasteiger partial charge in [0.25, 0.3) is 17.9 Å². The first-order valence-electron chi connectivity index (χ1n) is 19.0. The van der Waals surface area contributed by atoms with Crippen molar-refractivity contribution in [1.82, 2.24) is 29.1 Å². The molecule has 1 amide bonds. The zero-order chi connectivity index (χ0) is 44.2. The highest BCUT2D eigenvalue weighted by Crippen LogP contribution is 2.68. The Morgan fingerprint density at radius 3 is 2.38 bits per heavy atom. The van der Waals surface area contributed by atoms with Crippen molar-refractivity contribution in [2.24, 2.45) is 24.6 Å². The quantitative estimate of drug-likeness (QED) is 0.113. The smallest absolute Gasteiger partial charge is 0.293 e. The van der Waals surface area contributed by atoms with Gasteiger partial charge in [-0.3, -0.25) is 23.6 Å². The molecule has 21 heteroatoms. The SMILES string of the molecule is CC(C)[C@H](C)Oc1ccc2c(=O)n(-c3ccc(Cl)c4c(NS(C)(=O)=O)nn(C)c34)c([C@@H](Cc3cc(F)cc(F)c3)C(C(N)=O)n3nc(C(F)F)c4c3C(F)(F)[C@@H]3C[C@H]43)nc2c1. The maximum atomic E-state index is 16.2. The lowest BCUT2D eigenvalue weighted by atomic mass is 9.89. The van der Waals surface area contributed by atoms with Gasteiger partial charge >= 0.3 is 0 Å². The fourth-order valence-corrected chi connectivity index (χ4v) is 9.04.